The van der Waals surface area contributed by atoms with Crippen LogP contribution in [0.2, 0.25) is 0 Å². The Morgan fingerprint density at radius 2 is 1.88 bits per heavy atom. The average molecular weight is 475 g/mol. The second-order valence-corrected chi connectivity index (χ2v) is 8.73. The van der Waals surface area contributed by atoms with Crippen LogP contribution >= 0.6 is 8.18 Å². The van der Waals surface area contributed by atoms with Crippen molar-refractivity contribution >= 4 is 31.1 Å². The molecule has 3 rings (SSSR count). The van der Waals surface area contributed by atoms with Gasteiger partial charge in [-0.15, -0.1) is 0 Å². The number of esters is 1. The lowest BCUT2D eigenvalue weighted by Gasteiger charge is -2.14. The molecule has 0 aliphatic heterocycles. The van der Waals surface area contributed by atoms with Crippen molar-refractivity contribution in [3.63, 3.8) is 0 Å². The monoisotopic (exact) mass is 475 g/mol. The number of aromatic nitrogens is 4. The highest BCUT2D eigenvalue weighted by molar-refractivity contribution is 7.37. The van der Waals surface area contributed by atoms with Gasteiger partial charge in [-0.3, -0.25) is 4.79 Å². The number of nitrogens with one attached hydrogen (secondary N) is 1. The first-order valence-electron chi connectivity index (χ1n) is 10.5. The van der Waals surface area contributed by atoms with Crippen LogP contribution < -0.4 is 15.3 Å². The van der Waals surface area contributed by atoms with Crippen molar-refractivity contribution in [2.45, 2.75) is 59.1 Å². The number of rotatable bonds is 11. The first kappa shape index (κ1) is 24.5. The smallest absolute Gasteiger partial charge is 0.462 e. The minimum absolute atomic E-state index is 0.111. The Labute approximate surface area is 192 Å². The van der Waals surface area contributed by atoms with Gasteiger partial charge in [0.25, 0.3) is 0 Å². The lowest BCUT2D eigenvalue weighted by molar-refractivity contribution is -0.148. The summed E-state index contributed by atoms with van der Waals surface area (Å²) in [6.45, 7) is 7.95. The van der Waals surface area contributed by atoms with Gasteiger partial charge in [0.05, 0.1) is 31.7 Å². The fraction of sp³-hybridized carbons (Fsp3) is 0.429. The van der Waals surface area contributed by atoms with E-state index in [4.69, 9.17) is 19.7 Å². The second kappa shape index (κ2) is 11.1. The predicted octanol–water partition coefficient (Wildman–Crippen LogP) is 2.98. The molecular weight excluding hydrogens is 447 g/mol. The largest absolute Gasteiger partial charge is 0.664 e. The van der Waals surface area contributed by atoms with Crippen LogP contribution in [-0.4, -0.2) is 43.7 Å². The van der Waals surface area contributed by atoms with Gasteiger partial charge in [-0.25, -0.2) is 19.5 Å². The number of nitrogen functional groups attached to an aromatic ring is 1. The molecule has 0 fully saturated rings. The van der Waals surface area contributed by atoms with Gasteiger partial charge >= 0.3 is 14.1 Å². The third kappa shape index (κ3) is 6.92. The van der Waals surface area contributed by atoms with Gasteiger partial charge in [-0.2, -0.15) is 0 Å². The number of carbonyl (C=O) groups is 1. The van der Waals surface area contributed by atoms with Gasteiger partial charge in [0.2, 0.25) is 0 Å². The molecule has 11 nitrogen and oxygen atoms in total. The van der Waals surface area contributed by atoms with E-state index in [1.807, 2.05) is 23.6 Å². The molecule has 3 aromatic rings. The van der Waals surface area contributed by atoms with Crippen molar-refractivity contribution in [3.05, 3.63) is 42.5 Å². The maximum absolute atomic E-state index is 12.1. The number of hydrogen-bond donors (Lipinski definition) is 2. The fourth-order valence-electron chi connectivity index (χ4n) is 2.91. The predicted molar refractivity (Wildman–Crippen MR) is 122 cm³/mol. The number of fused-ring (bicyclic) bond motifs is 1. The van der Waals surface area contributed by atoms with E-state index in [-0.39, 0.29) is 12.2 Å². The highest BCUT2D eigenvalue weighted by Crippen LogP contribution is 2.25. The summed E-state index contributed by atoms with van der Waals surface area (Å²) in [4.78, 5) is 24.2. The second-order valence-electron chi connectivity index (χ2n) is 7.78. The van der Waals surface area contributed by atoms with Crippen LogP contribution in [0.1, 0.15) is 33.3 Å². The van der Waals surface area contributed by atoms with E-state index in [1.54, 1.807) is 39.2 Å². The standard InChI is InChI=1S/C21H28N6O5P/c1-13(2)31-21(28)15(4)26-33(29)32-17-7-5-16(6-8-17)10-30-14(3)9-27-12-25-18-19(22)23-11-24-20(18)27/h5-8,11-15H,9-10H2,1-4H3,(H,26,29)(H2,22,23,24)/q+1/t14-,15+/m1/s1. The van der Waals surface area contributed by atoms with Gasteiger partial charge in [-0.1, -0.05) is 17.2 Å². The summed E-state index contributed by atoms with van der Waals surface area (Å²) in [6.07, 6.45) is 2.72. The first-order chi connectivity index (χ1) is 15.7. The van der Waals surface area contributed by atoms with Gasteiger partial charge in [0.15, 0.2) is 17.2 Å². The molecule has 1 aromatic carbocycles. The molecule has 0 radical (unpaired) electrons. The minimum Gasteiger partial charge on any atom is -0.462 e. The lowest BCUT2D eigenvalue weighted by Crippen LogP contribution is -2.33. The number of nitrogens with two attached hydrogens (primary N) is 1. The zero-order valence-corrected chi connectivity index (χ0v) is 19.9. The number of hydrogen-bond acceptors (Lipinski definition) is 9. The number of imidazole rings is 1. The van der Waals surface area contributed by atoms with Crippen LogP contribution in [0.4, 0.5) is 5.82 Å². The van der Waals surface area contributed by atoms with Gasteiger partial charge in [0.1, 0.15) is 17.9 Å². The molecule has 12 heteroatoms. The molecule has 2 heterocycles. The Morgan fingerprint density at radius 3 is 2.58 bits per heavy atom. The summed E-state index contributed by atoms with van der Waals surface area (Å²) < 4.78 is 30.4. The molecule has 0 bridgehead atoms. The normalized spacial score (nSPS) is 13.7. The molecule has 0 aliphatic rings. The van der Waals surface area contributed by atoms with E-state index in [0.29, 0.717) is 35.9 Å². The maximum atomic E-state index is 12.1. The van der Waals surface area contributed by atoms with E-state index < -0.39 is 20.2 Å². The van der Waals surface area contributed by atoms with Crippen molar-refractivity contribution < 1.29 is 23.4 Å². The topological polar surface area (TPSA) is 143 Å². The van der Waals surface area contributed by atoms with Gasteiger partial charge in [-0.05, 0) is 45.4 Å². The zero-order chi connectivity index (χ0) is 24.0. The number of anilines is 1. The Kier molecular flexibility index (Phi) is 8.26. The Hall–Kier alpha value is -3.14. The zero-order valence-electron chi connectivity index (χ0n) is 19.0. The highest BCUT2D eigenvalue weighted by Gasteiger charge is 2.28. The molecule has 176 valence electrons. The Bertz CT molecular complexity index is 1100. The molecular formula is C21H28N6O5P+. The van der Waals surface area contributed by atoms with Gasteiger partial charge in [0, 0.05) is 4.57 Å². The molecule has 0 aliphatic carbocycles. The van der Waals surface area contributed by atoms with E-state index in [0.717, 1.165) is 5.56 Å². The number of nitrogens with zero attached hydrogens (tertiary/aromatic N) is 4. The van der Waals surface area contributed by atoms with Gasteiger partial charge < -0.3 is 19.8 Å². The quantitative estimate of drug-likeness (QED) is 0.314. The molecule has 0 saturated heterocycles. The van der Waals surface area contributed by atoms with Crippen LogP contribution in [0.5, 0.6) is 5.75 Å². The molecule has 0 amide bonds. The summed E-state index contributed by atoms with van der Waals surface area (Å²) in [6, 6.07) is 6.28. The summed E-state index contributed by atoms with van der Waals surface area (Å²) in [5, 5.41) is 2.59. The van der Waals surface area contributed by atoms with Crippen LogP contribution in [0.25, 0.3) is 11.2 Å². The van der Waals surface area contributed by atoms with E-state index in [2.05, 4.69) is 20.0 Å². The molecule has 33 heavy (non-hydrogen) atoms. The molecule has 2 aromatic heterocycles. The number of benzene rings is 1. The van der Waals surface area contributed by atoms with Crippen LogP contribution in [-0.2, 0) is 32.0 Å². The van der Waals surface area contributed by atoms with Crippen molar-refractivity contribution in [3.8, 4) is 5.75 Å². The number of carbonyl (C=O) groups excluding carboxylic acids is 1. The third-order valence-corrected chi connectivity index (χ3v) is 5.51. The van der Waals surface area contributed by atoms with Crippen molar-refractivity contribution in [2.75, 3.05) is 5.73 Å². The van der Waals surface area contributed by atoms with Crippen LogP contribution in [0, 0.1) is 0 Å². The summed E-state index contributed by atoms with van der Waals surface area (Å²) >= 11 is 0. The average Bonchev–Trinajstić information content (AvgIpc) is 3.16. The van der Waals surface area contributed by atoms with Crippen LogP contribution in [0.3, 0.4) is 0 Å². The number of ether oxygens (including phenoxy) is 2. The first-order valence-corrected chi connectivity index (χ1v) is 11.6. The minimum atomic E-state index is -2.28. The molecule has 3 atom stereocenters. The maximum Gasteiger partial charge on any atom is 0.664 e. The van der Waals surface area contributed by atoms with Crippen molar-refractivity contribution in [1.29, 1.82) is 0 Å². The molecule has 3 N–H and O–H groups in total. The summed E-state index contributed by atoms with van der Waals surface area (Å²) in [5.74, 6) is 0.265. The summed E-state index contributed by atoms with van der Waals surface area (Å²) in [7, 11) is -2.28. The molecule has 0 spiro atoms. The van der Waals surface area contributed by atoms with Crippen molar-refractivity contribution in [1.82, 2.24) is 24.6 Å². The summed E-state index contributed by atoms with van der Waals surface area (Å²) in [5.41, 5.74) is 7.97. The third-order valence-electron chi connectivity index (χ3n) is 4.53. The molecule has 1 unspecified atom stereocenters. The SMILES string of the molecule is CC(C)OC(=O)[C@H](C)N[P+](=O)Oc1ccc(CO[C@H](C)Cn2cnc3c(N)ncnc32)cc1. The van der Waals surface area contributed by atoms with Crippen molar-refractivity contribution in [2.24, 2.45) is 0 Å². The van der Waals surface area contributed by atoms with E-state index in [9.17, 15) is 9.36 Å². The Balaban J connectivity index is 1.46. The van der Waals surface area contributed by atoms with E-state index >= 15 is 0 Å². The van der Waals surface area contributed by atoms with E-state index in [1.165, 1.54) is 6.33 Å². The van der Waals surface area contributed by atoms with Crippen LogP contribution in [0.15, 0.2) is 36.9 Å². The fourth-order valence-corrected chi connectivity index (χ4v) is 3.70. The highest BCUT2D eigenvalue weighted by atomic mass is 31.1. The Morgan fingerprint density at radius 1 is 1.15 bits per heavy atom. The lowest BCUT2D eigenvalue weighted by atomic mass is 10.2. The molecule has 0 saturated carbocycles.